The van der Waals surface area contributed by atoms with Crippen LogP contribution in [0.25, 0.3) is 0 Å². The molecule has 3 rings (SSSR count). The zero-order valence-corrected chi connectivity index (χ0v) is 18.5. The van der Waals surface area contributed by atoms with Crippen LogP contribution in [-0.4, -0.2) is 57.6 Å². The SMILES string of the molecule is C[C@H]1CCCC/C1=N/NC(=O)c1ccc(S(=O)(=O)N(C)C2CC[NH+](C)CC2)cc1. The maximum Gasteiger partial charge on any atom is 0.271 e. The molecule has 160 valence electrons. The lowest BCUT2D eigenvalue weighted by Crippen LogP contribution is -3.10. The molecule has 1 aromatic rings. The van der Waals surface area contributed by atoms with Crippen molar-refractivity contribution in [1.82, 2.24) is 9.73 Å². The van der Waals surface area contributed by atoms with Gasteiger partial charge < -0.3 is 4.90 Å². The van der Waals surface area contributed by atoms with Crippen LogP contribution in [-0.2, 0) is 10.0 Å². The predicted molar refractivity (Wildman–Crippen MR) is 114 cm³/mol. The lowest BCUT2D eigenvalue weighted by molar-refractivity contribution is -0.885. The third kappa shape index (κ3) is 5.24. The van der Waals surface area contributed by atoms with Gasteiger partial charge in [-0.2, -0.15) is 9.41 Å². The molecule has 1 amide bonds. The Bertz CT molecular complexity index is 843. The van der Waals surface area contributed by atoms with Crippen LogP contribution in [0.1, 0.15) is 55.8 Å². The van der Waals surface area contributed by atoms with Crippen LogP contribution in [0.4, 0.5) is 0 Å². The highest BCUT2D eigenvalue weighted by molar-refractivity contribution is 7.89. The highest BCUT2D eigenvalue weighted by atomic mass is 32.2. The number of quaternary nitrogens is 1. The third-order valence-corrected chi connectivity index (χ3v) is 8.23. The number of piperidine rings is 1. The smallest absolute Gasteiger partial charge is 0.271 e. The molecule has 1 saturated heterocycles. The normalized spacial score (nSPS) is 27.2. The van der Waals surface area contributed by atoms with Crippen molar-refractivity contribution in [3.63, 3.8) is 0 Å². The van der Waals surface area contributed by atoms with Crippen molar-refractivity contribution in [2.75, 3.05) is 27.2 Å². The number of hydrogen-bond donors (Lipinski definition) is 2. The third-order valence-electron chi connectivity index (χ3n) is 6.31. The van der Waals surface area contributed by atoms with Crippen molar-refractivity contribution in [3.05, 3.63) is 29.8 Å². The minimum atomic E-state index is -3.57. The summed E-state index contributed by atoms with van der Waals surface area (Å²) < 4.78 is 27.4. The monoisotopic (exact) mass is 421 g/mol. The first kappa shape index (κ1) is 21.9. The van der Waals surface area contributed by atoms with Crippen LogP contribution in [0, 0.1) is 5.92 Å². The van der Waals surface area contributed by atoms with Crippen LogP contribution >= 0.6 is 0 Å². The van der Waals surface area contributed by atoms with Crippen molar-refractivity contribution in [3.8, 4) is 0 Å². The number of carbonyl (C=O) groups is 1. The molecule has 0 unspecified atom stereocenters. The van der Waals surface area contributed by atoms with E-state index < -0.39 is 10.0 Å². The number of carbonyl (C=O) groups excluding carboxylic acids is 1. The molecule has 0 bridgehead atoms. The minimum absolute atomic E-state index is 0.0278. The molecule has 2 fully saturated rings. The largest absolute Gasteiger partial charge is 0.337 e. The second kappa shape index (κ2) is 9.36. The molecule has 1 saturated carbocycles. The maximum atomic E-state index is 13.0. The first-order valence-electron chi connectivity index (χ1n) is 10.5. The highest BCUT2D eigenvalue weighted by Gasteiger charge is 2.31. The molecule has 8 heteroatoms. The Balaban J connectivity index is 1.65. The number of likely N-dealkylation sites (tertiary alicyclic amines) is 1. The summed E-state index contributed by atoms with van der Waals surface area (Å²) in [6, 6.07) is 6.16. The van der Waals surface area contributed by atoms with Crippen molar-refractivity contribution in [1.29, 1.82) is 0 Å². The Labute approximate surface area is 174 Å². The van der Waals surface area contributed by atoms with Crippen LogP contribution in [0.5, 0.6) is 0 Å². The van der Waals surface area contributed by atoms with E-state index in [0.29, 0.717) is 11.5 Å². The molecular formula is C21H33N4O3S+. The number of rotatable bonds is 5. The lowest BCUT2D eigenvalue weighted by Gasteiger charge is -2.32. The van der Waals surface area contributed by atoms with Crippen molar-refractivity contribution < 1.29 is 18.1 Å². The van der Waals surface area contributed by atoms with Gasteiger partial charge in [0.15, 0.2) is 0 Å². The average Bonchev–Trinajstić information content (AvgIpc) is 2.73. The van der Waals surface area contributed by atoms with E-state index in [1.165, 1.54) is 27.8 Å². The van der Waals surface area contributed by atoms with Crippen molar-refractivity contribution in [2.24, 2.45) is 11.0 Å². The Hall–Kier alpha value is -1.77. The van der Waals surface area contributed by atoms with Gasteiger partial charge in [-0.05, 0) is 49.4 Å². The van der Waals surface area contributed by atoms with Gasteiger partial charge in [0.05, 0.1) is 25.0 Å². The molecule has 1 aromatic carbocycles. The van der Waals surface area contributed by atoms with Gasteiger partial charge in [-0.15, -0.1) is 0 Å². The summed E-state index contributed by atoms with van der Waals surface area (Å²) in [6.45, 7) is 4.08. The van der Waals surface area contributed by atoms with E-state index in [9.17, 15) is 13.2 Å². The second-order valence-electron chi connectivity index (χ2n) is 8.42. The predicted octanol–water partition coefficient (Wildman–Crippen LogP) is 1.28. The molecular weight excluding hydrogens is 388 g/mol. The fraction of sp³-hybridized carbons (Fsp3) is 0.619. The topological polar surface area (TPSA) is 83.3 Å². The Kier molecular flexibility index (Phi) is 7.08. The van der Waals surface area contributed by atoms with Crippen molar-refractivity contribution >= 4 is 21.6 Å². The molecule has 7 nitrogen and oxygen atoms in total. The van der Waals surface area contributed by atoms with Gasteiger partial charge in [0.25, 0.3) is 5.91 Å². The van der Waals surface area contributed by atoms with Crippen LogP contribution in [0.3, 0.4) is 0 Å². The second-order valence-corrected chi connectivity index (χ2v) is 10.4. The minimum Gasteiger partial charge on any atom is -0.337 e. The Morgan fingerprint density at radius 3 is 2.41 bits per heavy atom. The van der Waals surface area contributed by atoms with Gasteiger partial charge in [-0.1, -0.05) is 13.3 Å². The van der Waals surface area contributed by atoms with Gasteiger partial charge in [-0.25, -0.2) is 13.8 Å². The number of sulfonamides is 1. The van der Waals surface area contributed by atoms with Gasteiger partial charge in [0.2, 0.25) is 10.0 Å². The van der Waals surface area contributed by atoms with Crippen molar-refractivity contribution in [2.45, 2.75) is 56.4 Å². The summed E-state index contributed by atoms with van der Waals surface area (Å²) in [5.41, 5.74) is 4.06. The first-order chi connectivity index (χ1) is 13.8. The summed E-state index contributed by atoms with van der Waals surface area (Å²) >= 11 is 0. The average molecular weight is 422 g/mol. The summed E-state index contributed by atoms with van der Waals surface area (Å²) in [5, 5.41) is 4.30. The summed E-state index contributed by atoms with van der Waals surface area (Å²) in [5.74, 6) is 0.0825. The molecule has 0 radical (unpaired) electrons. The molecule has 29 heavy (non-hydrogen) atoms. The van der Waals surface area contributed by atoms with Crippen LogP contribution in [0.2, 0.25) is 0 Å². The van der Waals surface area contributed by atoms with Gasteiger partial charge in [-0.3, -0.25) is 4.79 Å². The first-order valence-corrected chi connectivity index (χ1v) is 12.0. The molecule has 0 aromatic heterocycles. The number of nitrogens with one attached hydrogen (secondary N) is 2. The standard InChI is InChI=1S/C21H32N4O3S/c1-16-6-4-5-7-20(16)22-23-21(26)17-8-10-19(11-9-17)29(27,28)25(3)18-12-14-24(2)15-13-18/h8-11,16,18H,4-7,12-15H2,1-3H3,(H,23,26)/p+1/b22-20-/t16-/m0/s1. The molecule has 1 atom stereocenters. The number of benzene rings is 1. The fourth-order valence-corrected chi connectivity index (χ4v) is 5.54. The maximum absolute atomic E-state index is 13.0. The van der Waals surface area contributed by atoms with Crippen LogP contribution in [0.15, 0.2) is 34.3 Å². The van der Waals surface area contributed by atoms with E-state index in [0.717, 1.165) is 50.9 Å². The van der Waals surface area contributed by atoms with Gasteiger partial charge in [0, 0.05) is 37.2 Å². The van der Waals surface area contributed by atoms with E-state index in [2.05, 4.69) is 24.5 Å². The van der Waals surface area contributed by atoms with Crippen LogP contribution < -0.4 is 10.3 Å². The van der Waals surface area contributed by atoms with Gasteiger partial charge >= 0.3 is 0 Å². The summed E-state index contributed by atoms with van der Waals surface area (Å²) in [4.78, 5) is 14.0. The number of hydrogen-bond acceptors (Lipinski definition) is 4. The fourth-order valence-electron chi connectivity index (χ4n) is 4.12. The number of nitrogens with zero attached hydrogens (tertiary/aromatic N) is 2. The zero-order valence-electron chi connectivity index (χ0n) is 17.6. The number of hydrazone groups is 1. The Morgan fingerprint density at radius 2 is 1.79 bits per heavy atom. The van der Waals surface area contributed by atoms with E-state index in [1.807, 2.05) is 0 Å². The molecule has 1 heterocycles. The van der Waals surface area contributed by atoms with E-state index in [4.69, 9.17) is 0 Å². The van der Waals surface area contributed by atoms with Gasteiger partial charge in [0.1, 0.15) is 0 Å². The number of amides is 1. The van der Waals surface area contributed by atoms with E-state index >= 15 is 0 Å². The zero-order chi connectivity index (χ0) is 21.0. The van der Waals surface area contributed by atoms with E-state index in [1.54, 1.807) is 19.2 Å². The lowest BCUT2D eigenvalue weighted by atomic mass is 9.89. The van der Waals surface area contributed by atoms with E-state index in [-0.39, 0.29) is 16.8 Å². The Morgan fingerprint density at radius 1 is 1.14 bits per heavy atom. The molecule has 1 aliphatic heterocycles. The molecule has 1 aliphatic carbocycles. The summed E-state index contributed by atoms with van der Waals surface area (Å²) in [7, 11) is 0.218. The summed E-state index contributed by atoms with van der Waals surface area (Å²) in [6.07, 6.45) is 6.06. The highest BCUT2D eigenvalue weighted by Crippen LogP contribution is 2.22. The quantitative estimate of drug-likeness (QED) is 0.703. The molecule has 0 spiro atoms. The molecule has 2 aliphatic rings. The molecule has 2 N–H and O–H groups in total.